The summed E-state index contributed by atoms with van der Waals surface area (Å²) in [5.74, 6) is 0.981. The van der Waals surface area contributed by atoms with Crippen molar-refractivity contribution in [1.82, 2.24) is 0 Å². The summed E-state index contributed by atoms with van der Waals surface area (Å²) < 4.78 is 17.2. The zero-order valence-corrected chi connectivity index (χ0v) is 19.1. The Morgan fingerprint density at radius 1 is 1.03 bits per heavy atom. The highest BCUT2D eigenvalue weighted by atomic mass is 31.2. The van der Waals surface area contributed by atoms with E-state index in [0.29, 0.717) is 24.3 Å². The molecule has 0 amide bonds. The van der Waals surface area contributed by atoms with E-state index in [2.05, 4.69) is 13.8 Å². The van der Waals surface area contributed by atoms with Crippen LogP contribution in [-0.4, -0.2) is 15.7 Å². The monoisotopic (exact) mass is 420 g/mol. The lowest BCUT2D eigenvalue weighted by molar-refractivity contribution is -0.111. The van der Waals surface area contributed by atoms with Crippen LogP contribution in [0.2, 0.25) is 0 Å². The molecule has 1 atom stereocenters. The Balaban J connectivity index is 2.17. The molecule has 0 spiro atoms. The molecule has 2 rings (SSSR count). The fourth-order valence-corrected chi connectivity index (χ4v) is 4.95. The summed E-state index contributed by atoms with van der Waals surface area (Å²) in [6, 6.07) is 9.21. The van der Waals surface area contributed by atoms with Crippen LogP contribution in [0.1, 0.15) is 74.3 Å². The van der Waals surface area contributed by atoms with Crippen molar-refractivity contribution in [1.29, 1.82) is 0 Å². The average Bonchev–Trinajstić information content (AvgIpc) is 2.64. The summed E-state index contributed by atoms with van der Waals surface area (Å²) in [5.41, 5.74) is 4.93. The van der Waals surface area contributed by atoms with Crippen LogP contribution in [0, 0.1) is 13.8 Å². The van der Waals surface area contributed by atoms with Gasteiger partial charge in [-0.3, -0.25) is 4.57 Å². The summed E-state index contributed by atoms with van der Waals surface area (Å²) in [4.78, 5) is 15.3. The number of aryl methyl sites for hydroxylation is 1. The molecule has 0 aliphatic carbocycles. The molecule has 0 aliphatic rings. The minimum absolute atomic E-state index is 0.244. The largest absolute Gasteiger partial charge is 0.508 e. The summed E-state index contributed by atoms with van der Waals surface area (Å²) in [6.07, 6.45) is 1.83. The van der Waals surface area contributed by atoms with Crippen molar-refractivity contribution >= 4 is 7.60 Å². The van der Waals surface area contributed by atoms with Crippen LogP contribution in [-0.2, 0) is 15.7 Å². The van der Waals surface area contributed by atoms with Crippen LogP contribution < -0.4 is 4.89 Å². The average molecular weight is 420 g/mol. The van der Waals surface area contributed by atoms with Gasteiger partial charge in [0.15, 0.2) is 5.75 Å². The van der Waals surface area contributed by atoms with E-state index in [9.17, 15) is 14.6 Å². The first kappa shape index (κ1) is 23.5. The predicted octanol–water partition coefficient (Wildman–Crippen LogP) is 6.41. The van der Waals surface area contributed by atoms with E-state index in [1.807, 2.05) is 39.8 Å². The van der Waals surface area contributed by atoms with Crippen molar-refractivity contribution in [3.8, 4) is 11.5 Å². The zero-order chi connectivity index (χ0) is 21.8. The van der Waals surface area contributed by atoms with Crippen LogP contribution in [0.3, 0.4) is 0 Å². The topological polar surface area (TPSA) is 76.0 Å². The van der Waals surface area contributed by atoms with E-state index in [0.717, 1.165) is 34.2 Å². The quantitative estimate of drug-likeness (QED) is 0.279. The molecular formula is C23H33O5P. The summed E-state index contributed by atoms with van der Waals surface area (Å²) in [5, 5.41) is 10.2. The standard InChI is InChI=1S/C23H33O5P/c1-7-21(8-2)29(25,26)28-27-20-11-9-18(16(5)13-20)14-19-10-12-22(24)23(15(3)4)17(19)6/h9-13,15,21,24H,7-8,14H2,1-6H3,(H,25,26). The Kier molecular flexibility index (Phi) is 7.93. The van der Waals surface area contributed by atoms with Gasteiger partial charge in [0.2, 0.25) is 0 Å². The Hall–Kier alpha value is -1.81. The van der Waals surface area contributed by atoms with E-state index in [4.69, 9.17) is 9.56 Å². The third kappa shape index (κ3) is 5.63. The third-order valence-corrected chi connectivity index (χ3v) is 7.46. The molecule has 1 unspecified atom stereocenters. The number of hydrogen-bond donors (Lipinski definition) is 2. The highest BCUT2D eigenvalue weighted by Crippen LogP contribution is 2.50. The van der Waals surface area contributed by atoms with Crippen LogP contribution in [0.25, 0.3) is 0 Å². The van der Waals surface area contributed by atoms with Gasteiger partial charge in [-0.05, 0) is 85.0 Å². The lowest BCUT2D eigenvalue weighted by Gasteiger charge is -2.19. The van der Waals surface area contributed by atoms with Gasteiger partial charge in [0.1, 0.15) is 5.75 Å². The Morgan fingerprint density at radius 3 is 2.21 bits per heavy atom. The van der Waals surface area contributed by atoms with Gasteiger partial charge < -0.3 is 14.9 Å². The Labute approximate surface area is 174 Å². The maximum Gasteiger partial charge on any atom is 0.369 e. The smallest absolute Gasteiger partial charge is 0.369 e. The van der Waals surface area contributed by atoms with Crippen molar-refractivity contribution in [3.05, 3.63) is 58.1 Å². The van der Waals surface area contributed by atoms with E-state index >= 15 is 0 Å². The minimum atomic E-state index is -3.82. The number of rotatable bonds is 9. The maximum atomic E-state index is 12.3. The van der Waals surface area contributed by atoms with Gasteiger partial charge in [-0.15, -0.1) is 0 Å². The predicted molar refractivity (Wildman–Crippen MR) is 117 cm³/mol. The highest BCUT2D eigenvalue weighted by molar-refractivity contribution is 7.53. The van der Waals surface area contributed by atoms with Crippen LogP contribution in [0.5, 0.6) is 11.5 Å². The second-order valence-corrected chi connectivity index (χ2v) is 9.90. The highest BCUT2D eigenvalue weighted by Gasteiger charge is 2.31. The fourth-order valence-electron chi connectivity index (χ4n) is 3.71. The van der Waals surface area contributed by atoms with Crippen molar-refractivity contribution in [2.24, 2.45) is 0 Å². The molecule has 0 radical (unpaired) electrons. The number of hydrogen-bond acceptors (Lipinski definition) is 4. The van der Waals surface area contributed by atoms with Crippen molar-refractivity contribution in [2.75, 3.05) is 0 Å². The molecule has 160 valence electrons. The SMILES string of the molecule is CCC(CC)P(=O)(O)OOc1ccc(Cc2ccc(O)c(C(C)C)c2C)c(C)c1. The first-order chi connectivity index (χ1) is 13.6. The number of phenolic OH excluding ortho intramolecular Hbond substituents is 1. The molecule has 0 heterocycles. The minimum Gasteiger partial charge on any atom is -0.508 e. The summed E-state index contributed by atoms with van der Waals surface area (Å²) in [7, 11) is -3.82. The van der Waals surface area contributed by atoms with Crippen molar-refractivity contribution in [2.45, 2.75) is 72.4 Å². The van der Waals surface area contributed by atoms with Gasteiger partial charge in [0, 0.05) is 0 Å². The molecule has 2 aromatic rings. The molecule has 0 aromatic heterocycles. The second-order valence-electron chi connectivity index (χ2n) is 7.89. The molecule has 29 heavy (non-hydrogen) atoms. The molecule has 0 bridgehead atoms. The van der Waals surface area contributed by atoms with Gasteiger partial charge in [0.05, 0.1) is 5.66 Å². The third-order valence-electron chi connectivity index (χ3n) is 5.52. The van der Waals surface area contributed by atoms with Gasteiger partial charge in [-0.25, -0.2) is 0 Å². The molecule has 0 aliphatic heterocycles. The molecule has 5 nitrogen and oxygen atoms in total. The zero-order valence-electron chi connectivity index (χ0n) is 18.2. The molecule has 0 saturated carbocycles. The fraction of sp³-hybridized carbons (Fsp3) is 0.478. The second kappa shape index (κ2) is 9.80. The van der Waals surface area contributed by atoms with Gasteiger partial charge in [-0.1, -0.05) is 44.5 Å². The molecule has 0 saturated heterocycles. The molecule has 0 fully saturated rings. The normalized spacial score (nSPS) is 13.7. The molecule has 6 heteroatoms. The van der Waals surface area contributed by atoms with Crippen LogP contribution in [0.15, 0.2) is 30.3 Å². The van der Waals surface area contributed by atoms with Crippen molar-refractivity contribution < 1.29 is 24.1 Å². The molecular weight excluding hydrogens is 387 g/mol. The van der Waals surface area contributed by atoms with E-state index in [1.165, 1.54) is 0 Å². The van der Waals surface area contributed by atoms with Crippen LogP contribution in [0.4, 0.5) is 0 Å². The number of phenols is 1. The van der Waals surface area contributed by atoms with Gasteiger partial charge >= 0.3 is 7.60 Å². The van der Waals surface area contributed by atoms with Gasteiger partial charge in [0.25, 0.3) is 0 Å². The van der Waals surface area contributed by atoms with E-state index in [1.54, 1.807) is 18.2 Å². The van der Waals surface area contributed by atoms with Crippen LogP contribution >= 0.6 is 7.60 Å². The number of benzene rings is 2. The Bertz CT molecular complexity index is 887. The lowest BCUT2D eigenvalue weighted by Crippen LogP contribution is -2.10. The number of aromatic hydroxyl groups is 1. The van der Waals surface area contributed by atoms with Gasteiger partial charge in [-0.2, -0.15) is 0 Å². The summed E-state index contributed by atoms with van der Waals surface area (Å²) in [6.45, 7) is 11.9. The lowest BCUT2D eigenvalue weighted by atomic mass is 9.90. The first-order valence-corrected chi connectivity index (χ1v) is 11.8. The van der Waals surface area contributed by atoms with E-state index in [-0.39, 0.29) is 5.92 Å². The molecule has 2 aromatic carbocycles. The summed E-state index contributed by atoms with van der Waals surface area (Å²) >= 11 is 0. The Morgan fingerprint density at radius 2 is 1.66 bits per heavy atom. The maximum absolute atomic E-state index is 12.3. The van der Waals surface area contributed by atoms with Crippen molar-refractivity contribution in [3.63, 3.8) is 0 Å². The van der Waals surface area contributed by atoms with E-state index < -0.39 is 13.3 Å². The molecule has 2 N–H and O–H groups in total. The first-order valence-electron chi connectivity index (χ1n) is 10.2.